The molecule has 0 aliphatic heterocycles. The summed E-state index contributed by atoms with van der Waals surface area (Å²) in [6.45, 7) is 1.44. The number of hydrogen-bond donors (Lipinski definition) is 1. The van der Waals surface area contributed by atoms with Gasteiger partial charge in [0.2, 0.25) is 0 Å². The number of ether oxygens (including phenoxy) is 1. The molecule has 0 saturated heterocycles. The molecule has 0 fully saturated rings. The standard InChI is InChI=1S/C18H17F2NO3S/c1-12(18(23)21-15-4-2-3-14(20)11-15)24-17(22)9-10-25-16-7-5-13(19)6-8-16/h2-8,11-12H,9-10H2,1H3,(H,21,23)/t12-/m1/s1. The molecule has 4 nitrogen and oxygen atoms in total. The van der Waals surface area contributed by atoms with Crippen molar-refractivity contribution in [3.8, 4) is 0 Å². The molecule has 0 aliphatic rings. The third-order valence-corrected chi connectivity index (χ3v) is 4.17. The molecule has 2 aromatic carbocycles. The number of amides is 1. The number of benzene rings is 2. The Labute approximate surface area is 148 Å². The summed E-state index contributed by atoms with van der Waals surface area (Å²) in [5.41, 5.74) is 0.291. The highest BCUT2D eigenvalue weighted by atomic mass is 32.2. The molecule has 2 aromatic rings. The number of halogens is 2. The Morgan fingerprint density at radius 2 is 1.84 bits per heavy atom. The Balaban J connectivity index is 1.73. The fraction of sp³-hybridized carbons (Fsp3) is 0.222. The average Bonchev–Trinajstić information content (AvgIpc) is 2.56. The van der Waals surface area contributed by atoms with Crippen molar-refractivity contribution >= 4 is 29.3 Å². The van der Waals surface area contributed by atoms with Crippen LogP contribution in [0.5, 0.6) is 0 Å². The van der Waals surface area contributed by atoms with Gasteiger partial charge < -0.3 is 10.1 Å². The van der Waals surface area contributed by atoms with Gasteiger partial charge in [-0.2, -0.15) is 0 Å². The molecule has 0 aliphatic carbocycles. The zero-order valence-electron chi connectivity index (χ0n) is 13.5. The summed E-state index contributed by atoms with van der Waals surface area (Å²) in [6.07, 6.45) is -0.883. The Kier molecular flexibility index (Phi) is 6.94. The Morgan fingerprint density at radius 1 is 1.12 bits per heavy atom. The van der Waals surface area contributed by atoms with Gasteiger partial charge in [0.25, 0.3) is 5.91 Å². The Hall–Kier alpha value is -2.41. The largest absolute Gasteiger partial charge is 0.453 e. The third kappa shape index (κ3) is 6.54. The van der Waals surface area contributed by atoms with Crippen LogP contribution in [0.25, 0.3) is 0 Å². The molecular weight excluding hydrogens is 348 g/mol. The predicted octanol–water partition coefficient (Wildman–Crippen LogP) is 4.02. The Bertz CT molecular complexity index is 737. The summed E-state index contributed by atoms with van der Waals surface area (Å²) >= 11 is 1.39. The number of rotatable bonds is 7. The number of anilines is 1. The molecule has 1 amide bonds. The molecule has 0 radical (unpaired) electrons. The molecule has 25 heavy (non-hydrogen) atoms. The summed E-state index contributed by atoms with van der Waals surface area (Å²) < 4.78 is 30.9. The minimum atomic E-state index is -0.994. The van der Waals surface area contributed by atoms with Crippen LogP contribution in [0.4, 0.5) is 14.5 Å². The fourth-order valence-electron chi connectivity index (χ4n) is 1.90. The van der Waals surface area contributed by atoms with Crippen LogP contribution in [0.1, 0.15) is 13.3 Å². The van der Waals surface area contributed by atoms with E-state index in [1.165, 1.54) is 55.1 Å². The van der Waals surface area contributed by atoms with E-state index in [9.17, 15) is 18.4 Å². The van der Waals surface area contributed by atoms with E-state index in [4.69, 9.17) is 4.74 Å². The number of esters is 1. The highest BCUT2D eigenvalue weighted by molar-refractivity contribution is 7.99. The molecule has 0 saturated carbocycles. The maximum atomic E-state index is 13.1. The fourth-order valence-corrected chi connectivity index (χ4v) is 2.74. The first-order valence-corrected chi connectivity index (χ1v) is 8.57. The van der Waals surface area contributed by atoms with Crippen molar-refractivity contribution in [3.63, 3.8) is 0 Å². The van der Waals surface area contributed by atoms with Crippen LogP contribution < -0.4 is 5.32 Å². The molecule has 0 aromatic heterocycles. The second kappa shape index (κ2) is 9.17. The van der Waals surface area contributed by atoms with Crippen LogP contribution in [-0.2, 0) is 14.3 Å². The zero-order chi connectivity index (χ0) is 18.2. The number of carbonyl (C=O) groups excluding carboxylic acids is 2. The lowest BCUT2D eigenvalue weighted by atomic mass is 10.3. The van der Waals surface area contributed by atoms with Crippen LogP contribution >= 0.6 is 11.8 Å². The van der Waals surface area contributed by atoms with E-state index in [0.29, 0.717) is 11.4 Å². The smallest absolute Gasteiger partial charge is 0.307 e. The molecule has 0 bridgehead atoms. The molecule has 2 rings (SSSR count). The summed E-state index contributed by atoms with van der Waals surface area (Å²) in [6, 6.07) is 11.4. The van der Waals surface area contributed by atoms with Gasteiger partial charge in [0.15, 0.2) is 6.10 Å². The second-order valence-corrected chi connectivity index (χ2v) is 6.35. The molecule has 7 heteroatoms. The van der Waals surface area contributed by atoms with Crippen molar-refractivity contribution in [1.82, 2.24) is 0 Å². The van der Waals surface area contributed by atoms with Gasteiger partial charge in [-0.05, 0) is 49.4 Å². The van der Waals surface area contributed by atoms with Crippen molar-refractivity contribution in [3.05, 3.63) is 60.2 Å². The van der Waals surface area contributed by atoms with E-state index in [0.717, 1.165) is 4.90 Å². The van der Waals surface area contributed by atoms with Gasteiger partial charge in [0.05, 0.1) is 6.42 Å². The highest BCUT2D eigenvalue weighted by Crippen LogP contribution is 2.19. The lowest BCUT2D eigenvalue weighted by Crippen LogP contribution is -2.30. The van der Waals surface area contributed by atoms with Gasteiger partial charge in [-0.25, -0.2) is 8.78 Å². The molecule has 0 unspecified atom stereocenters. The monoisotopic (exact) mass is 365 g/mol. The van der Waals surface area contributed by atoms with Gasteiger partial charge in [-0.3, -0.25) is 9.59 Å². The van der Waals surface area contributed by atoms with Crippen LogP contribution in [0.2, 0.25) is 0 Å². The maximum Gasteiger partial charge on any atom is 0.307 e. The SMILES string of the molecule is C[C@@H](OC(=O)CCSc1ccc(F)cc1)C(=O)Nc1cccc(F)c1. The van der Waals surface area contributed by atoms with E-state index in [2.05, 4.69) is 5.32 Å². The molecule has 132 valence electrons. The second-order valence-electron chi connectivity index (χ2n) is 5.18. The number of carbonyl (C=O) groups is 2. The van der Waals surface area contributed by atoms with Crippen LogP contribution in [0, 0.1) is 11.6 Å². The normalized spacial score (nSPS) is 11.6. The van der Waals surface area contributed by atoms with Gasteiger partial charge >= 0.3 is 5.97 Å². The first-order chi connectivity index (χ1) is 11.9. The minimum Gasteiger partial charge on any atom is -0.453 e. The summed E-state index contributed by atoms with van der Waals surface area (Å²) in [4.78, 5) is 24.5. The molecule has 1 atom stereocenters. The summed E-state index contributed by atoms with van der Waals surface area (Å²) in [5, 5.41) is 2.48. The first kappa shape index (κ1) is 18.9. The molecule has 1 N–H and O–H groups in total. The Morgan fingerprint density at radius 3 is 2.52 bits per heavy atom. The van der Waals surface area contributed by atoms with E-state index in [1.54, 1.807) is 12.1 Å². The van der Waals surface area contributed by atoms with E-state index in [1.807, 2.05) is 0 Å². The lowest BCUT2D eigenvalue weighted by molar-refractivity contribution is -0.152. The first-order valence-electron chi connectivity index (χ1n) is 7.58. The number of thioether (sulfide) groups is 1. The van der Waals surface area contributed by atoms with Gasteiger partial charge in [0.1, 0.15) is 11.6 Å². The zero-order valence-corrected chi connectivity index (χ0v) is 14.3. The van der Waals surface area contributed by atoms with Crippen molar-refractivity contribution in [2.45, 2.75) is 24.3 Å². The van der Waals surface area contributed by atoms with Gasteiger partial charge in [-0.15, -0.1) is 11.8 Å². The van der Waals surface area contributed by atoms with Crippen LogP contribution in [-0.4, -0.2) is 23.7 Å². The quantitative estimate of drug-likeness (QED) is 0.595. The van der Waals surface area contributed by atoms with E-state index in [-0.39, 0.29) is 12.2 Å². The number of nitrogens with one attached hydrogen (secondary N) is 1. The average molecular weight is 365 g/mol. The maximum absolute atomic E-state index is 13.1. The predicted molar refractivity (Wildman–Crippen MR) is 92.3 cm³/mol. The highest BCUT2D eigenvalue weighted by Gasteiger charge is 2.18. The molecular formula is C18H17F2NO3S. The van der Waals surface area contributed by atoms with Crippen molar-refractivity contribution < 1.29 is 23.1 Å². The lowest BCUT2D eigenvalue weighted by Gasteiger charge is -2.13. The molecule has 0 spiro atoms. The van der Waals surface area contributed by atoms with Crippen molar-refractivity contribution in [2.24, 2.45) is 0 Å². The van der Waals surface area contributed by atoms with Gasteiger partial charge in [0, 0.05) is 16.3 Å². The van der Waals surface area contributed by atoms with Crippen molar-refractivity contribution in [2.75, 3.05) is 11.1 Å². The summed E-state index contributed by atoms with van der Waals surface area (Å²) in [7, 11) is 0. The summed E-state index contributed by atoms with van der Waals surface area (Å²) in [5.74, 6) is -1.40. The van der Waals surface area contributed by atoms with E-state index < -0.39 is 23.8 Å². The van der Waals surface area contributed by atoms with Crippen molar-refractivity contribution in [1.29, 1.82) is 0 Å². The van der Waals surface area contributed by atoms with Gasteiger partial charge in [-0.1, -0.05) is 6.07 Å². The van der Waals surface area contributed by atoms with Crippen LogP contribution in [0.3, 0.4) is 0 Å². The number of hydrogen-bond acceptors (Lipinski definition) is 4. The van der Waals surface area contributed by atoms with E-state index >= 15 is 0 Å². The third-order valence-electron chi connectivity index (χ3n) is 3.16. The minimum absolute atomic E-state index is 0.111. The topological polar surface area (TPSA) is 55.4 Å². The molecule has 0 heterocycles. The van der Waals surface area contributed by atoms with Crippen LogP contribution in [0.15, 0.2) is 53.4 Å².